The maximum absolute atomic E-state index is 12.6. The van der Waals surface area contributed by atoms with Gasteiger partial charge in [0, 0.05) is 41.1 Å². The minimum absolute atomic E-state index is 0.190. The molecule has 0 aliphatic rings. The summed E-state index contributed by atoms with van der Waals surface area (Å²) in [7, 11) is 0. The first kappa shape index (κ1) is 30.9. The second kappa shape index (κ2) is 19.4. The molecule has 0 atom stereocenters. The number of amides is 1. The number of benzene rings is 2. The van der Waals surface area contributed by atoms with Crippen molar-refractivity contribution in [3.8, 4) is 17.5 Å². The standard InChI is InChI=1S/C21H15N5O.4C2H6/c27-21(25-19-5-2-6-20(12-19)26-10-9-22-15-26)18-4-1-3-16(11-18)7-8-17-13-23-24-14-17;4*1-2/h1-6,9-15H,(H,23,24)(H,25,27);4*1-2H3. The first-order valence-electron chi connectivity index (χ1n) is 12.3. The average molecular weight is 474 g/mol. The number of aromatic nitrogens is 4. The summed E-state index contributed by atoms with van der Waals surface area (Å²) < 4.78 is 1.88. The Morgan fingerprint density at radius 1 is 0.886 bits per heavy atom. The van der Waals surface area contributed by atoms with Crippen LogP contribution in [0.4, 0.5) is 5.69 Å². The second-order valence-corrected chi connectivity index (χ2v) is 5.79. The lowest BCUT2D eigenvalue weighted by molar-refractivity contribution is 0.102. The number of anilines is 1. The minimum Gasteiger partial charge on any atom is -0.322 e. The highest BCUT2D eigenvalue weighted by Gasteiger charge is 2.07. The average Bonchev–Trinajstić information content (AvgIpc) is 3.68. The molecule has 2 aromatic heterocycles. The Kier molecular flexibility index (Phi) is 17.1. The van der Waals surface area contributed by atoms with Crippen molar-refractivity contribution < 1.29 is 4.79 Å². The van der Waals surface area contributed by atoms with E-state index in [-0.39, 0.29) is 5.91 Å². The predicted molar refractivity (Wildman–Crippen MR) is 148 cm³/mol. The van der Waals surface area contributed by atoms with Crippen LogP contribution in [-0.2, 0) is 0 Å². The van der Waals surface area contributed by atoms with Crippen LogP contribution in [0.3, 0.4) is 0 Å². The van der Waals surface area contributed by atoms with E-state index in [9.17, 15) is 4.79 Å². The van der Waals surface area contributed by atoms with Crippen molar-refractivity contribution in [2.75, 3.05) is 5.32 Å². The summed E-state index contributed by atoms with van der Waals surface area (Å²) in [6.45, 7) is 16.0. The highest BCUT2D eigenvalue weighted by Crippen LogP contribution is 2.16. The van der Waals surface area contributed by atoms with Crippen LogP contribution >= 0.6 is 0 Å². The smallest absolute Gasteiger partial charge is 0.255 e. The topological polar surface area (TPSA) is 75.6 Å². The fourth-order valence-corrected chi connectivity index (χ4v) is 2.56. The van der Waals surface area contributed by atoms with Crippen LogP contribution < -0.4 is 5.32 Å². The van der Waals surface area contributed by atoms with E-state index in [0.29, 0.717) is 11.3 Å². The number of hydrogen-bond acceptors (Lipinski definition) is 3. The summed E-state index contributed by atoms with van der Waals surface area (Å²) in [5.41, 5.74) is 3.73. The van der Waals surface area contributed by atoms with Crippen LogP contribution in [0.5, 0.6) is 0 Å². The van der Waals surface area contributed by atoms with E-state index in [4.69, 9.17) is 0 Å². The molecule has 35 heavy (non-hydrogen) atoms. The zero-order valence-corrected chi connectivity index (χ0v) is 22.3. The zero-order valence-electron chi connectivity index (χ0n) is 22.3. The Morgan fingerprint density at radius 2 is 1.57 bits per heavy atom. The molecule has 0 aliphatic heterocycles. The van der Waals surface area contributed by atoms with Gasteiger partial charge in [-0.3, -0.25) is 9.89 Å². The Hall–Kier alpha value is -4.11. The molecule has 6 nitrogen and oxygen atoms in total. The van der Waals surface area contributed by atoms with E-state index >= 15 is 0 Å². The van der Waals surface area contributed by atoms with Gasteiger partial charge < -0.3 is 9.88 Å². The molecule has 6 heteroatoms. The number of carbonyl (C=O) groups is 1. The third-order valence-corrected chi connectivity index (χ3v) is 3.88. The Balaban J connectivity index is 0.00000132. The number of imidazole rings is 1. The Bertz CT molecular complexity index is 1120. The molecule has 2 heterocycles. The second-order valence-electron chi connectivity index (χ2n) is 5.79. The van der Waals surface area contributed by atoms with Crippen molar-refractivity contribution in [3.63, 3.8) is 0 Å². The lowest BCUT2D eigenvalue weighted by Gasteiger charge is -2.08. The molecule has 0 unspecified atom stereocenters. The summed E-state index contributed by atoms with van der Waals surface area (Å²) in [5.74, 6) is 5.84. The predicted octanol–water partition coefficient (Wildman–Crippen LogP) is 7.35. The number of hydrogen-bond donors (Lipinski definition) is 2. The van der Waals surface area contributed by atoms with Crippen LogP contribution in [0.25, 0.3) is 5.69 Å². The van der Waals surface area contributed by atoms with Crippen LogP contribution in [0.15, 0.2) is 79.6 Å². The van der Waals surface area contributed by atoms with Gasteiger partial charge in [0.1, 0.15) is 0 Å². The van der Waals surface area contributed by atoms with Gasteiger partial charge in [0.15, 0.2) is 0 Å². The third kappa shape index (κ3) is 10.6. The number of nitrogens with one attached hydrogen (secondary N) is 2. The number of rotatable bonds is 3. The van der Waals surface area contributed by atoms with Crippen molar-refractivity contribution in [3.05, 3.63) is 96.3 Å². The van der Waals surface area contributed by atoms with Gasteiger partial charge in [0.25, 0.3) is 5.91 Å². The van der Waals surface area contributed by atoms with Gasteiger partial charge in [-0.05, 0) is 36.4 Å². The van der Waals surface area contributed by atoms with Gasteiger partial charge in [-0.1, -0.05) is 79.4 Å². The highest BCUT2D eigenvalue weighted by molar-refractivity contribution is 6.04. The number of nitrogens with zero attached hydrogens (tertiary/aromatic N) is 3. The molecule has 1 amide bonds. The van der Waals surface area contributed by atoms with Crippen LogP contribution in [-0.4, -0.2) is 25.7 Å². The molecular formula is C29H39N5O. The van der Waals surface area contributed by atoms with Crippen molar-refractivity contribution >= 4 is 11.6 Å². The van der Waals surface area contributed by atoms with E-state index in [0.717, 1.165) is 16.8 Å². The molecule has 2 N–H and O–H groups in total. The molecular weight excluding hydrogens is 434 g/mol. The Labute approximate surface area is 210 Å². The normalized spacial score (nSPS) is 8.46. The van der Waals surface area contributed by atoms with E-state index in [2.05, 4.69) is 32.3 Å². The maximum atomic E-state index is 12.6. The lowest BCUT2D eigenvalue weighted by atomic mass is 10.1. The van der Waals surface area contributed by atoms with Gasteiger partial charge in [0.2, 0.25) is 0 Å². The molecule has 2 aromatic carbocycles. The van der Waals surface area contributed by atoms with E-state index < -0.39 is 0 Å². The van der Waals surface area contributed by atoms with E-state index in [1.807, 2.05) is 103 Å². The van der Waals surface area contributed by atoms with Crippen molar-refractivity contribution in [1.29, 1.82) is 0 Å². The molecule has 186 valence electrons. The summed E-state index contributed by atoms with van der Waals surface area (Å²) in [4.78, 5) is 16.6. The molecule has 0 saturated carbocycles. The number of aromatic amines is 1. The fourth-order valence-electron chi connectivity index (χ4n) is 2.56. The van der Waals surface area contributed by atoms with Crippen molar-refractivity contribution in [2.45, 2.75) is 55.4 Å². The van der Waals surface area contributed by atoms with E-state index in [1.165, 1.54) is 0 Å². The van der Waals surface area contributed by atoms with Crippen LogP contribution in [0.1, 0.15) is 76.9 Å². The SMILES string of the molecule is CC.CC.CC.CC.O=C(Nc1cccc(-n2ccnc2)c1)c1cccc(C#Cc2cn[nH]c2)c1. The first-order valence-corrected chi connectivity index (χ1v) is 12.3. The first-order chi connectivity index (χ1) is 17.3. The molecule has 4 rings (SSSR count). The summed E-state index contributed by atoms with van der Waals surface area (Å²) in [6, 6.07) is 14.8. The van der Waals surface area contributed by atoms with Gasteiger partial charge in [-0.25, -0.2) is 4.98 Å². The number of H-pyrrole nitrogens is 1. The molecule has 0 saturated heterocycles. The molecule has 0 radical (unpaired) electrons. The van der Waals surface area contributed by atoms with E-state index in [1.54, 1.807) is 37.1 Å². The van der Waals surface area contributed by atoms with Gasteiger partial charge in [-0.2, -0.15) is 5.10 Å². The molecule has 0 bridgehead atoms. The third-order valence-electron chi connectivity index (χ3n) is 3.88. The van der Waals surface area contributed by atoms with Crippen LogP contribution in [0.2, 0.25) is 0 Å². The van der Waals surface area contributed by atoms with Gasteiger partial charge in [0.05, 0.1) is 18.1 Å². The molecule has 4 aromatic rings. The summed E-state index contributed by atoms with van der Waals surface area (Å²) in [5, 5.41) is 9.49. The van der Waals surface area contributed by atoms with Gasteiger partial charge >= 0.3 is 0 Å². The zero-order chi connectivity index (χ0) is 26.5. The summed E-state index contributed by atoms with van der Waals surface area (Å²) >= 11 is 0. The van der Waals surface area contributed by atoms with Crippen molar-refractivity contribution in [1.82, 2.24) is 19.7 Å². The fraction of sp³-hybridized carbons (Fsp3) is 0.276. The largest absolute Gasteiger partial charge is 0.322 e. The summed E-state index contributed by atoms with van der Waals surface area (Å²) in [6.07, 6.45) is 8.64. The van der Waals surface area contributed by atoms with Crippen LogP contribution in [0, 0.1) is 11.8 Å². The number of carbonyl (C=O) groups excluding carboxylic acids is 1. The highest BCUT2D eigenvalue weighted by atomic mass is 16.1. The Morgan fingerprint density at radius 3 is 2.20 bits per heavy atom. The molecule has 0 spiro atoms. The van der Waals surface area contributed by atoms with Gasteiger partial charge in [-0.15, -0.1) is 0 Å². The molecule has 0 fully saturated rings. The molecule has 0 aliphatic carbocycles. The maximum Gasteiger partial charge on any atom is 0.255 e. The quantitative estimate of drug-likeness (QED) is 0.305. The lowest BCUT2D eigenvalue weighted by Crippen LogP contribution is -2.12. The minimum atomic E-state index is -0.190. The monoisotopic (exact) mass is 473 g/mol. The van der Waals surface area contributed by atoms with Crippen molar-refractivity contribution in [2.24, 2.45) is 0 Å².